The average molecular weight is 220 g/mol. The molecule has 0 atom stereocenters. The lowest BCUT2D eigenvalue weighted by Crippen LogP contribution is -2.25. The highest BCUT2D eigenvalue weighted by atomic mass is 16.5. The zero-order chi connectivity index (χ0) is 11.2. The summed E-state index contributed by atoms with van der Waals surface area (Å²) in [7, 11) is 0. The first-order valence-corrected chi connectivity index (χ1v) is 5.55. The fraction of sp³-hybridized carbons (Fsp3) is 1.00. The van der Waals surface area contributed by atoms with Gasteiger partial charge in [-0.3, -0.25) is 0 Å². The molecule has 0 aromatic carbocycles. The van der Waals surface area contributed by atoms with Crippen LogP contribution in [0.25, 0.3) is 0 Å². The Bertz CT molecular complexity index is 103. The summed E-state index contributed by atoms with van der Waals surface area (Å²) in [5, 5.41) is 3.20. The number of hydrogen-bond donors (Lipinski definition) is 2. The predicted molar refractivity (Wildman–Crippen MR) is 60.1 cm³/mol. The maximum atomic E-state index is 5.32. The molecule has 0 aromatic rings. The molecule has 0 unspecified atom stereocenters. The van der Waals surface area contributed by atoms with Crippen molar-refractivity contribution in [3.05, 3.63) is 0 Å². The maximum absolute atomic E-state index is 5.32. The van der Waals surface area contributed by atoms with E-state index in [1.165, 1.54) is 0 Å². The van der Waals surface area contributed by atoms with Crippen LogP contribution in [0.2, 0.25) is 0 Å². The van der Waals surface area contributed by atoms with E-state index in [9.17, 15) is 0 Å². The third-order valence-electron chi connectivity index (χ3n) is 1.68. The molecule has 0 heterocycles. The second kappa shape index (κ2) is 13.8. The molecule has 0 amide bonds. The second-order valence-electron chi connectivity index (χ2n) is 2.96. The van der Waals surface area contributed by atoms with E-state index in [0.717, 1.165) is 19.7 Å². The third kappa shape index (κ3) is 13.8. The van der Waals surface area contributed by atoms with Crippen LogP contribution in [0.4, 0.5) is 0 Å². The van der Waals surface area contributed by atoms with Gasteiger partial charge in [0.2, 0.25) is 0 Å². The average Bonchev–Trinajstić information content (AvgIpc) is 2.26. The van der Waals surface area contributed by atoms with Crippen molar-refractivity contribution in [1.82, 2.24) is 5.32 Å². The molecule has 92 valence electrons. The van der Waals surface area contributed by atoms with Gasteiger partial charge >= 0.3 is 0 Å². The van der Waals surface area contributed by atoms with Crippen LogP contribution >= 0.6 is 0 Å². The molecule has 0 spiro atoms. The zero-order valence-corrected chi connectivity index (χ0v) is 9.67. The molecule has 0 fully saturated rings. The van der Waals surface area contributed by atoms with Crippen LogP contribution in [0.1, 0.15) is 6.92 Å². The molecule has 0 aliphatic carbocycles. The fourth-order valence-corrected chi connectivity index (χ4v) is 0.963. The van der Waals surface area contributed by atoms with Gasteiger partial charge in [-0.2, -0.15) is 0 Å². The molecule has 3 N–H and O–H groups in total. The molecule has 0 aliphatic heterocycles. The molecular weight excluding hydrogens is 196 g/mol. The van der Waals surface area contributed by atoms with E-state index < -0.39 is 0 Å². The van der Waals surface area contributed by atoms with Gasteiger partial charge in [0.25, 0.3) is 0 Å². The largest absolute Gasteiger partial charge is 0.379 e. The first kappa shape index (κ1) is 14.8. The first-order valence-electron chi connectivity index (χ1n) is 5.55. The molecular formula is C10H24N2O3. The van der Waals surface area contributed by atoms with Crippen molar-refractivity contribution >= 4 is 0 Å². The van der Waals surface area contributed by atoms with Crippen molar-refractivity contribution in [3.63, 3.8) is 0 Å². The highest BCUT2D eigenvalue weighted by molar-refractivity contribution is 4.45. The topological polar surface area (TPSA) is 65.7 Å². The van der Waals surface area contributed by atoms with Crippen molar-refractivity contribution in [2.45, 2.75) is 6.92 Å². The third-order valence-corrected chi connectivity index (χ3v) is 1.68. The van der Waals surface area contributed by atoms with Gasteiger partial charge in [0, 0.05) is 26.2 Å². The monoisotopic (exact) mass is 220 g/mol. The van der Waals surface area contributed by atoms with Crippen LogP contribution in [0.3, 0.4) is 0 Å². The summed E-state index contributed by atoms with van der Waals surface area (Å²) in [4.78, 5) is 0. The van der Waals surface area contributed by atoms with Gasteiger partial charge < -0.3 is 25.3 Å². The van der Waals surface area contributed by atoms with Crippen molar-refractivity contribution < 1.29 is 14.2 Å². The van der Waals surface area contributed by atoms with Crippen LogP contribution in [-0.4, -0.2) is 59.3 Å². The van der Waals surface area contributed by atoms with E-state index in [4.69, 9.17) is 19.9 Å². The number of hydrogen-bond acceptors (Lipinski definition) is 5. The van der Waals surface area contributed by atoms with Crippen LogP contribution in [0.5, 0.6) is 0 Å². The Hall–Kier alpha value is -0.200. The van der Waals surface area contributed by atoms with Crippen molar-refractivity contribution in [2.24, 2.45) is 5.73 Å². The summed E-state index contributed by atoms with van der Waals surface area (Å²) < 4.78 is 15.6. The van der Waals surface area contributed by atoms with E-state index in [2.05, 4.69) is 5.32 Å². The second-order valence-corrected chi connectivity index (χ2v) is 2.96. The zero-order valence-electron chi connectivity index (χ0n) is 9.67. The Balaban J connectivity index is 2.81. The summed E-state index contributed by atoms with van der Waals surface area (Å²) in [5.41, 5.74) is 5.27. The van der Waals surface area contributed by atoms with E-state index in [0.29, 0.717) is 39.6 Å². The van der Waals surface area contributed by atoms with E-state index in [-0.39, 0.29) is 0 Å². The minimum atomic E-state index is 0.584. The lowest BCUT2D eigenvalue weighted by molar-refractivity contribution is 0.0532. The van der Waals surface area contributed by atoms with Gasteiger partial charge in [-0.1, -0.05) is 0 Å². The molecule has 15 heavy (non-hydrogen) atoms. The minimum absolute atomic E-state index is 0.584. The Morgan fingerprint density at radius 3 is 2.07 bits per heavy atom. The standard InChI is InChI=1S/C10H24N2O3/c1-2-13-9-10-15-8-5-12-4-7-14-6-3-11/h12H,2-11H2,1H3. The normalized spacial score (nSPS) is 10.8. The SMILES string of the molecule is CCOCCOCCNCCOCCN. The lowest BCUT2D eigenvalue weighted by atomic mass is 10.6. The molecule has 0 aliphatic rings. The summed E-state index contributed by atoms with van der Waals surface area (Å²) in [6, 6.07) is 0. The molecule has 5 heteroatoms. The number of nitrogens with one attached hydrogen (secondary N) is 1. The summed E-state index contributed by atoms with van der Waals surface area (Å²) in [6.45, 7) is 8.39. The highest BCUT2D eigenvalue weighted by Gasteiger charge is 1.90. The van der Waals surface area contributed by atoms with Crippen LogP contribution in [0.15, 0.2) is 0 Å². The van der Waals surface area contributed by atoms with Gasteiger partial charge in [-0.25, -0.2) is 0 Å². The molecule has 0 saturated carbocycles. The summed E-state index contributed by atoms with van der Waals surface area (Å²) in [5.74, 6) is 0. The molecule has 5 nitrogen and oxygen atoms in total. The van der Waals surface area contributed by atoms with E-state index in [1.54, 1.807) is 0 Å². The molecule has 0 saturated heterocycles. The Kier molecular flexibility index (Phi) is 13.6. The van der Waals surface area contributed by atoms with Gasteiger partial charge in [0.05, 0.1) is 33.0 Å². The van der Waals surface area contributed by atoms with Gasteiger partial charge in [-0.15, -0.1) is 0 Å². The highest BCUT2D eigenvalue weighted by Crippen LogP contribution is 1.77. The lowest BCUT2D eigenvalue weighted by Gasteiger charge is -2.06. The Morgan fingerprint density at radius 1 is 0.867 bits per heavy atom. The van der Waals surface area contributed by atoms with E-state index in [1.807, 2.05) is 6.92 Å². The predicted octanol–water partition coefficient (Wildman–Crippen LogP) is -0.396. The van der Waals surface area contributed by atoms with E-state index >= 15 is 0 Å². The smallest absolute Gasteiger partial charge is 0.0701 e. The quantitative estimate of drug-likeness (QED) is 0.438. The Labute approximate surface area is 92.3 Å². The number of ether oxygens (including phenoxy) is 3. The molecule has 0 aromatic heterocycles. The summed E-state index contributed by atoms with van der Waals surface area (Å²) in [6.07, 6.45) is 0. The van der Waals surface area contributed by atoms with Crippen molar-refractivity contribution in [3.8, 4) is 0 Å². The van der Waals surface area contributed by atoms with Crippen LogP contribution < -0.4 is 11.1 Å². The minimum Gasteiger partial charge on any atom is -0.379 e. The van der Waals surface area contributed by atoms with Gasteiger partial charge in [0.1, 0.15) is 0 Å². The first-order chi connectivity index (χ1) is 7.41. The summed E-state index contributed by atoms with van der Waals surface area (Å²) >= 11 is 0. The molecule has 0 radical (unpaired) electrons. The van der Waals surface area contributed by atoms with Gasteiger partial charge in [-0.05, 0) is 6.92 Å². The maximum Gasteiger partial charge on any atom is 0.0701 e. The van der Waals surface area contributed by atoms with Crippen molar-refractivity contribution in [2.75, 3.05) is 59.3 Å². The fourth-order valence-electron chi connectivity index (χ4n) is 0.963. The molecule has 0 bridgehead atoms. The van der Waals surface area contributed by atoms with Crippen LogP contribution in [-0.2, 0) is 14.2 Å². The Morgan fingerprint density at radius 2 is 1.47 bits per heavy atom. The van der Waals surface area contributed by atoms with Crippen molar-refractivity contribution in [1.29, 1.82) is 0 Å². The molecule has 0 rings (SSSR count). The van der Waals surface area contributed by atoms with Crippen LogP contribution in [0, 0.1) is 0 Å². The number of nitrogens with two attached hydrogens (primary N) is 1. The van der Waals surface area contributed by atoms with Gasteiger partial charge in [0.15, 0.2) is 0 Å². The number of rotatable bonds is 12.